The molecule has 0 aliphatic carbocycles. The van der Waals surface area contributed by atoms with Gasteiger partial charge in [-0.1, -0.05) is 11.8 Å². The fourth-order valence-corrected chi connectivity index (χ4v) is 2.20. The third kappa shape index (κ3) is 3.92. The number of carbonyl (C=O) groups is 2. The summed E-state index contributed by atoms with van der Waals surface area (Å²) in [6.45, 7) is 6.51. The molecule has 0 radical (unpaired) electrons. The number of nitrogens with zero attached hydrogens (tertiary/aromatic N) is 1. The normalized spacial score (nSPS) is 12.0. The standard InChI is InChI=1S/C12H16N2O4S/c1-5-18-11(17)9(8(4)15)19-12-13-7(3)6(2)10(16)14-12/h9H,5H2,1-4H3,(H,13,14,16)/t9-/m0/s1. The number of aromatic nitrogens is 2. The Bertz CT molecular complexity index is 553. The van der Waals surface area contributed by atoms with Gasteiger partial charge in [0.25, 0.3) is 5.56 Å². The van der Waals surface area contributed by atoms with E-state index in [1.807, 2.05) is 0 Å². The number of hydrogen-bond donors (Lipinski definition) is 1. The Balaban J connectivity index is 3.01. The molecule has 0 aromatic carbocycles. The number of esters is 1. The predicted molar refractivity (Wildman–Crippen MR) is 71.3 cm³/mol. The van der Waals surface area contributed by atoms with E-state index in [9.17, 15) is 14.4 Å². The Hall–Kier alpha value is -1.63. The van der Waals surface area contributed by atoms with Crippen molar-refractivity contribution in [2.45, 2.75) is 38.1 Å². The van der Waals surface area contributed by atoms with Crippen molar-refractivity contribution in [2.24, 2.45) is 0 Å². The first kappa shape index (κ1) is 15.4. The van der Waals surface area contributed by atoms with Gasteiger partial charge in [0.15, 0.2) is 16.2 Å². The first-order chi connectivity index (χ1) is 8.86. The third-order valence-electron chi connectivity index (χ3n) is 2.47. The van der Waals surface area contributed by atoms with Crippen LogP contribution in [0.4, 0.5) is 0 Å². The maximum Gasteiger partial charge on any atom is 0.327 e. The molecule has 0 aliphatic rings. The molecule has 0 fully saturated rings. The van der Waals surface area contributed by atoms with E-state index in [0.29, 0.717) is 11.3 Å². The van der Waals surface area contributed by atoms with E-state index in [-0.39, 0.29) is 23.1 Å². The van der Waals surface area contributed by atoms with Crippen molar-refractivity contribution in [3.8, 4) is 0 Å². The summed E-state index contributed by atoms with van der Waals surface area (Å²) in [6.07, 6.45) is 0. The van der Waals surface area contributed by atoms with Gasteiger partial charge in [0.2, 0.25) is 0 Å². The van der Waals surface area contributed by atoms with E-state index >= 15 is 0 Å². The second kappa shape index (κ2) is 6.51. The van der Waals surface area contributed by atoms with Gasteiger partial charge in [-0.15, -0.1) is 0 Å². The summed E-state index contributed by atoms with van der Waals surface area (Å²) >= 11 is 0.891. The number of rotatable bonds is 5. The lowest BCUT2D eigenvalue weighted by molar-refractivity contribution is -0.144. The van der Waals surface area contributed by atoms with Crippen molar-refractivity contribution >= 4 is 23.5 Å². The van der Waals surface area contributed by atoms with E-state index in [4.69, 9.17) is 4.74 Å². The summed E-state index contributed by atoms with van der Waals surface area (Å²) in [7, 11) is 0. The van der Waals surface area contributed by atoms with Gasteiger partial charge in [-0.25, -0.2) is 4.98 Å². The Morgan fingerprint density at radius 2 is 2.05 bits per heavy atom. The molecule has 1 aromatic rings. The van der Waals surface area contributed by atoms with E-state index in [2.05, 4.69) is 9.97 Å². The summed E-state index contributed by atoms with van der Waals surface area (Å²) in [4.78, 5) is 41.4. The molecule has 0 aliphatic heterocycles. The largest absolute Gasteiger partial charge is 0.465 e. The SMILES string of the molecule is CCOC(=O)[C@@H](Sc1nc(C)c(C)c(=O)[nH]1)C(C)=O. The molecular formula is C12H16N2O4S. The smallest absolute Gasteiger partial charge is 0.327 e. The molecule has 1 N–H and O–H groups in total. The van der Waals surface area contributed by atoms with Crippen LogP contribution in [0.1, 0.15) is 25.1 Å². The van der Waals surface area contributed by atoms with E-state index < -0.39 is 11.2 Å². The van der Waals surface area contributed by atoms with Crippen LogP contribution in [-0.2, 0) is 14.3 Å². The minimum Gasteiger partial charge on any atom is -0.465 e. The fourth-order valence-electron chi connectivity index (χ4n) is 1.30. The lowest BCUT2D eigenvalue weighted by atomic mass is 10.3. The topological polar surface area (TPSA) is 89.1 Å². The molecule has 7 heteroatoms. The lowest BCUT2D eigenvalue weighted by Crippen LogP contribution is -2.28. The number of thioether (sulfide) groups is 1. The van der Waals surface area contributed by atoms with Crippen LogP contribution in [0.2, 0.25) is 0 Å². The van der Waals surface area contributed by atoms with Crippen molar-refractivity contribution in [3.05, 3.63) is 21.6 Å². The monoisotopic (exact) mass is 284 g/mol. The molecule has 6 nitrogen and oxygen atoms in total. The van der Waals surface area contributed by atoms with Crippen LogP contribution in [0, 0.1) is 13.8 Å². The summed E-state index contributed by atoms with van der Waals surface area (Å²) in [5.74, 6) is -0.967. The molecule has 1 aromatic heterocycles. The van der Waals surface area contributed by atoms with Crippen LogP contribution >= 0.6 is 11.8 Å². The molecule has 0 amide bonds. The minimum absolute atomic E-state index is 0.194. The van der Waals surface area contributed by atoms with Gasteiger partial charge in [0.1, 0.15) is 0 Å². The average molecular weight is 284 g/mol. The summed E-state index contributed by atoms with van der Waals surface area (Å²) in [5, 5.41) is -0.772. The highest BCUT2D eigenvalue weighted by Crippen LogP contribution is 2.21. The lowest BCUT2D eigenvalue weighted by Gasteiger charge is -2.11. The highest BCUT2D eigenvalue weighted by Gasteiger charge is 2.27. The van der Waals surface area contributed by atoms with Crippen LogP contribution in [0.15, 0.2) is 9.95 Å². The molecule has 0 saturated heterocycles. The number of nitrogens with one attached hydrogen (secondary N) is 1. The van der Waals surface area contributed by atoms with Crippen LogP contribution in [0.3, 0.4) is 0 Å². The second-order valence-electron chi connectivity index (χ2n) is 3.94. The van der Waals surface area contributed by atoms with Crippen LogP contribution in [0.5, 0.6) is 0 Å². The molecule has 1 heterocycles. The molecule has 0 saturated carbocycles. The van der Waals surface area contributed by atoms with Gasteiger partial charge in [-0.2, -0.15) is 0 Å². The molecular weight excluding hydrogens is 268 g/mol. The van der Waals surface area contributed by atoms with E-state index in [1.54, 1.807) is 20.8 Å². The van der Waals surface area contributed by atoms with E-state index in [1.165, 1.54) is 6.92 Å². The van der Waals surface area contributed by atoms with Gasteiger partial charge >= 0.3 is 5.97 Å². The van der Waals surface area contributed by atoms with Crippen molar-refractivity contribution in [3.63, 3.8) is 0 Å². The predicted octanol–water partition coefficient (Wildman–Crippen LogP) is 1.000. The Kier molecular flexibility index (Phi) is 5.29. The number of hydrogen-bond acceptors (Lipinski definition) is 6. The van der Waals surface area contributed by atoms with Crippen molar-refractivity contribution < 1.29 is 14.3 Å². The van der Waals surface area contributed by atoms with Crippen molar-refractivity contribution in [2.75, 3.05) is 6.61 Å². The number of ketones is 1. The molecule has 0 bridgehead atoms. The minimum atomic E-state index is -1.01. The zero-order valence-corrected chi connectivity index (χ0v) is 12.1. The highest BCUT2D eigenvalue weighted by molar-refractivity contribution is 8.01. The number of carbonyl (C=O) groups excluding carboxylic acids is 2. The molecule has 0 unspecified atom stereocenters. The average Bonchev–Trinajstić information content (AvgIpc) is 2.32. The molecule has 1 rings (SSSR count). The van der Waals surface area contributed by atoms with Gasteiger partial charge < -0.3 is 9.72 Å². The Labute approximate surface area is 115 Å². The van der Waals surface area contributed by atoms with Crippen molar-refractivity contribution in [1.29, 1.82) is 0 Å². The maximum atomic E-state index is 11.6. The first-order valence-corrected chi connectivity index (χ1v) is 6.66. The molecule has 0 spiro atoms. The number of aromatic amines is 1. The van der Waals surface area contributed by atoms with Crippen LogP contribution in [-0.4, -0.2) is 33.6 Å². The summed E-state index contributed by atoms with van der Waals surface area (Å²) in [5.41, 5.74) is 0.804. The molecule has 19 heavy (non-hydrogen) atoms. The zero-order chi connectivity index (χ0) is 14.6. The van der Waals surface area contributed by atoms with Crippen LogP contribution < -0.4 is 5.56 Å². The zero-order valence-electron chi connectivity index (χ0n) is 11.3. The first-order valence-electron chi connectivity index (χ1n) is 5.78. The van der Waals surface area contributed by atoms with E-state index in [0.717, 1.165) is 11.8 Å². The van der Waals surface area contributed by atoms with Gasteiger partial charge in [-0.05, 0) is 27.7 Å². The Morgan fingerprint density at radius 1 is 1.42 bits per heavy atom. The third-order valence-corrected chi connectivity index (χ3v) is 3.65. The number of aryl methyl sites for hydroxylation is 1. The highest BCUT2D eigenvalue weighted by atomic mass is 32.2. The van der Waals surface area contributed by atoms with Gasteiger partial charge in [0, 0.05) is 11.3 Å². The van der Waals surface area contributed by atoms with Crippen LogP contribution in [0.25, 0.3) is 0 Å². The maximum absolute atomic E-state index is 11.6. The second-order valence-corrected chi connectivity index (χ2v) is 5.04. The van der Waals surface area contributed by atoms with Gasteiger partial charge in [-0.3, -0.25) is 14.4 Å². The molecule has 104 valence electrons. The quantitative estimate of drug-likeness (QED) is 0.375. The molecule has 1 atom stereocenters. The number of Topliss-reactive ketones (excluding diaryl/α,β-unsaturated/α-hetero) is 1. The summed E-state index contributed by atoms with van der Waals surface area (Å²) in [6, 6.07) is 0. The number of H-pyrrole nitrogens is 1. The summed E-state index contributed by atoms with van der Waals surface area (Å²) < 4.78 is 4.82. The number of ether oxygens (including phenoxy) is 1. The fraction of sp³-hybridized carbons (Fsp3) is 0.500. The van der Waals surface area contributed by atoms with Crippen molar-refractivity contribution in [1.82, 2.24) is 9.97 Å². The van der Waals surface area contributed by atoms with Gasteiger partial charge in [0.05, 0.1) is 6.61 Å². The Morgan fingerprint density at radius 3 is 2.53 bits per heavy atom.